The number of nitrogens with one attached hydrogen (secondary N) is 4. The summed E-state index contributed by atoms with van der Waals surface area (Å²) in [5, 5.41) is 16.4. The largest absolute Gasteiger partial charge is 0.477 e. The highest BCUT2D eigenvalue weighted by Gasteiger charge is 2.30. The minimum atomic E-state index is -0.438. The van der Waals surface area contributed by atoms with E-state index in [9.17, 15) is 14.0 Å². The van der Waals surface area contributed by atoms with Crippen LogP contribution in [0.3, 0.4) is 0 Å². The smallest absolute Gasteiger partial charge is 0.272 e. The molecule has 0 unspecified atom stereocenters. The molecule has 0 saturated heterocycles. The Morgan fingerprint density at radius 1 is 1.31 bits per heavy atom. The van der Waals surface area contributed by atoms with Crippen LogP contribution in [0.4, 0.5) is 15.9 Å². The maximum absolute atomic E-state index is 13.0. The molecule has 168 valence electrons. The molecular weight excluding hydrogens is 417 g/mol. The summed E-state index contributed by atoms with van der Waals surface area (Å²) in [6, 6.07) is 5.71. The molecule has 2 heterocycles. The van der Waals surface area contributed by atoms with E-state index in [1.54, 1.807) is 12.1 Å². The van der Waals surface area contributed by atoms with E-state index in [0.29, 0.717) is 18.2 Å². The fourth-order valence-electron chi connectivity index (χ4n) is 3.42. The first-order chi connectivity index (χ1) is 15.5. The first kappa shape index (κ1) is 22.8. The van der Waals surface area contributed by atoms with Crippen LogP contribution < -0.4 is 20.8 Å². The third kappa shape index (κ3) is 6.30. The van der Waals surface area contributed by atoms with Crippen molar-refractivity contribution >= 4 is 35.7 Å². The first-order valence-electron chi connectivity index (χ1n) is 10.1. The predicted octanol–water partition coefficient (Wildman–Crippen LogP) is 2.60. The van der Waals surface area contributed by atoms with Crippen molar-refractivity contribution < 1.29 is 18.7 Å². The summed E-state index contributed by atoms with van der Waals surface area (Å²) in [5.74, 6) is -0.569. The summed E-state index contributed by atoms with van der Waals surface area (Å²) in [6.45, 7) is 1.68. The number of amides is 2. The molecule has 2 aromatic rings. The van der Waals surface area contributed by atoms with E-state index < -0.39 is 11.7 Å². The second kappa shape index (κ2) is 10.9. The molecule has 11 heteroatoms. The molecule has 4 N–H and O–H groups in total. The van der Waals surface area contributed by atoms with E-state index in [0.717, 1.165) is 31.7 Å². The lowest BCUT2D eigenvalue weighted by atomic mass is 10.0. The van der Waals surface area contributed by atoms with Gasteiger partial charge >= 0.3 is 0 Å². The molecule has 2 amide bonds. The molecule has 0 radical (unpaired) electrons. The number of carbonyl (C=O) groups excluding carboxylic acids is 2. The SMILES string of the molecule is CC(=O)Nc1ccc(N/N=C\C=N)c(C(=O)N[C@H]2CCC[C@@H]2COc2ccc(F)cn2)n1. The fourth-order valence-corrected chi connectivity index (χ4v) is 3.42. The standard InChI is InChI=1S/C21H24FN7O3/c1-13(30)26-18-7-6-17(29-25-10-9-23)20(28-18)21(31)27-16-4-2-3-14(16)12-32-19-8-5-15(22)11-24-19/h5-11,14,16,23,29H,2-4,12H2,1H3,(H,27,31)(H,26,28,30)/b23-9?,25-10-/t14-,16+/m1/s1. The number of nitrogens with zero attached hydrogens (tertiary/aromatic N) is 3. The molecule has 1 aliphatic carbocycles. The van der Waals surface area contributed by atoms with Gasteiger partial charge in [0, 0.05) is 31.2 Å². The van der Waals surface area contributed by atoms with Crippen molar-refractivity contribution in [2.24, 2.45) is 11.0 Å². The number of pyridine rings is 2. The Balaban J connectivity index is 1.70. The van der Waals surface area contributed by atoms with Crippen LogP contribution in [-0.2, 0) is 4.79 Å². The monoisotopic (exact) mass is 441 g/mol. The predicted molar refractivity (Wildman–Crippen MR) is 118 cm³/mol. The van der Waals surface area contributed by atoms with Crippen LogP contribution in [0.15, 0.2) is 35.6 Å². The van der Waals surface area contributed by atoms with Crippen LogP contribution in [0.1, 0.15) is 36.7 Å². The van der Waals surface area contributed by atoms with Gasteiger partial charge in [0.15, 0.2) is 5.69 Å². The van der Waals surface area contributed by atoms with Crippen molar-refractivity contribution in [2.75, 3.05) is 17.3 Å². The van der Waals surface area contributed by atoms with E-state index in [-0.39, 0.29) is 29.4 Å². The lowest BCUT2D eigenvalue weighted by molar-refractivity contribution is -0.114. The number of hydrazone groups is 1. The van der Waals surface area contributed by atoms with Gasteiger partial charge < -0.3 is 20.8 Å². The Hall–Kier alpha value is -3.89. The number of ether oxygens (including phenoxy) is 1. The molecule has 2 aromatic heterocycles. The normalized spacial score (nSPS) is 17.7. The van der Waals surface area contributed by atoms with E-state index in [2.05, 4.69) is 31.1 Å². The van der Waals surface area contributed by atoms with E-state index in [4.69, 9.17) is 10.1 Å². The zero-order chi connectivity index (χ0) is 22.9. The van der Waals surface area contributed by atoms with Gasteiger partial charge in [-0.3, -0.25) is 15.0 Å². The van der Waals surface area contributed by atoms with Crippen molar-refractivity contribution in [3.8, 4) is 5.88 Å². The minimum absolute atomic E-state index is 0.0525. The van der Waals surface area contributed by atoms with Crippen molar-refractivity contribution in [3.63, 3.8) is 0 Å². The van der Waals surface area contributed by atoms with Crippen LogP contribution in [0, 0.1) is 17.1 Å². The number of hydrogen-bond acceptors (Lipinski definition) is 8. The highest BCUT2D eigenvalue weighted by atomic mass is 19.1. The molecule has 1 fully saturated rings. The van der Waals surface area contributed by atoms with Gasteiger partial charge in [0.1, 0.15) is 11.6 Å². The molecule has 0 spiro atoms. The van der Waals surface area contributed by atoms with Crippen LogP contribution in [0.25, 0.3) is 0 Å². The Labute approximate surface area is 184 Å². The summed E-state index contributed by atoms with van der Waals surface area (Å²) in [4.78, 5) is 32.5. The van der Waals surface area contributed by atoms with Gasteiger partial charge in [-0.2, -0.15) is 5.10 Å². The molecule has 0 bridgehead atoms. The van der Waals surface area contributed by atoms with Crippen molar-refractivity contribution in [1.29, 1.82) is 5.41 Å². The molecule has 3 rings (SSSR count). The first-order valence-corrected chi connectivity index (χ1v) is 10.1. The topological polar surface area (TPSA) is 141 Å². The molecular formula is C21H24FN7O3. The summed E-state index contributed by atoms with van der Waals surface area (Å²) in [6.07, 6.45) is 5.86. The highest BCUT2D eigenvalue weighted by Crippen LogP contribution is 2.27. The molecule has 1 saturated carbocycles. The number of halogens is 1. The fraction of sp³-hybridized carbons (Fsp3) is 0.333. The maximum Gasteiger partial charge on any atom is 0.272 e. The number of carbonyl (C=O) groups is 2. The summed E-state index contributed by atoms with van der Waals surface area (Å²) in [5.41, 5.74) is 3.07. The van der Waals surface area contributed by atoms with E-state index in [1.165, 1.54) is 25.3 Å². The minimum Gasteiger partial charge on any atom is -0.477 e. The van der Waals surface area contributed by atoms with Crippen molar-refractivity contribution in [2.45, 2.75) is 32.2 Å². The molecule has 1 aliphatic rings. The Bertz CT molecular complexity index is 997. The quantitative estimate of drug-likeness (QED) is 0.348. The third-order valence-corrected chi connectivity index (χ3v) is 4.87. The maximum atomic E-state index is 13.0. The second-order valence-electron chi connectivity index (χ2n) is 7.23. The van der Waals surface area contributed by atoms with Gasteiger partial charge in [-0.25, -0.2) is 14.4 Å². The summed E-state index contributed by atoms with van der Waals surface area (Å²) >= 11 is 0. The molecule has 10 nitrogen and oxygen atoms in total. The summed E-state index contributed by atoms with van der Waals surface area (Å²) in [7, 11) is 0. The number of anilines is 2. The van der Waals surface area contributed by atoms with Crippen LogP contribution >= 0.6 is 0 Å². The number of aromatic nitrogens is 2. The van der Waals surface area contributed by atoms with E-state index >= 15 is 0 Å². The van der Waals surface area contributed by atoms with Gasteiger partial charge in [-0.05, 0) is 31.0 Å². The molecule has 2 atom stereocenters. The number of rotatable bonds is 9. The Kier molecular flexibility index (Phi) is 7.79. The van der Waals surface area contributed by atoms with Gasteiger partial charge in [-0.1, -0.05) is 6.42 Å². The average molecular weight is 441 g/mol. The zero-order valence-corrected chi connectivity index (χ0v) is 17.5. The average Bonchev–Trinajstić information content (AvgIpc) is 3.20. The van der Waals surface area contributed by atoms with Gasteiger partial charge in [0.2, 0.25) is 11.8 Å². The zero-order valence-electron chi connectivity index (χ0n) is 17.5. The van der Waals surface area contributed by atoms with Crippen LogP contribution in [-0.4, -0.2) is 46.9 Å². The number of hydrogen-bond donors (Lipinski definition) is 4. The lowest BCUT2D eigenvalue weighted by Gasteiger charge is -2.21. The molecule has 0 aliphatic heterocycles. The molecule has 32 heavy (non-hydrogen) atoms. The van der Waals surface area contributed by atoms with Crippen LogP contribution in [0.2, 0.25) is 0 Å². The van der Waals surface area contributed by atoms with Crippen molar-refractivity contribution in [1.82, 2.24) is 15.3 Å². The van der Waals surface area contributed by atoms with Gasteiger partial charge in [-0.15, -0.1) is 0 Å². The summed E-state index contributed by atoms with van der Waals surface area (Å²) < 4.78 is 18.7. The third-order valence-electron chi connectivity index (χ3n) is 4.87. The Morgan fingerprint density at radius 3 is 2.88 bits per heavy atom. The highest BCUT2D eigenvalue weighted by molar-refractivity contribution is 6.14. The van der Waals surface area contributed by atoms with Crippen molar-refractivity contribution in [3.05, 3.63) is 42.0 Å². The second-order valence-corrected chi connectivity index (χ2v) is 7.23. The Morgan fingerprint density at radius 2 is 2.16 bits per heavy atom. The molecule has 0 aromatic carbocycles. The van der Waals surface area contributed by atoms with E-state index in [1.807, 2.05) is 0 Å². The van der Waals surface area contributed by atoms with Gasteiger partial charge in [0.05, 0.1) is 24.7 Å². The van der Waals surface area contributed by atoms with Crippen LogP contribution in [0.5, 0.6) is 5.88 Å². The lowest BCUT2D eigenvalue weighted by Crippen LogP contribution is -2.40. The van der Waals surface area contributed by atoms with Gasteiger partial charge in [0.25, 0.3) is 5.91 Å².